The monoisotopic (exact) mass is 680 g/mol. The summed E-state index contributed by atoms with van der Waals surface area (Å²) in [5.41, 5.74) is 5.78. The molecule has 0 unspecified atom stereocenters. The molecule has 0 aromatic heterocycles. The van der Waals surface area contributed by atoms with E-state index in [-0.39, 0.29) is 46.0 Å². The summed E-state index contributed by atoms with van der Waals surface area (Å²) in [4.78, 5) is 0. The maximum Gasteiger partial charge on any atom is 0.135 e. The summed E-state index contributed by atoms with van der Waals surface area (Å²) in [6.45, 7) is 0. The number of benzene rings is 6. The Labute approximate surface area is 291 Å². The number of fused-ring (bicyclic) bond motifs is 6. The molecule has 0 radical (unpaired) electrons. The summed E-state index contributed by atoms with van der Waals surface area (Å²) < 4.78 is 6.71. The first kappa shape index (κ1) is 30.6. The average Bonchev–Trinajstić information content (AvgIpc) is 3.62. The van der Waals surface area contributed by atoms with Gasteiger partial charge in [0, 0.05) is 58.6 Å². The van der Waals surface area contributed by atoms with Crippen molar-refractivity contribution in [3.05, 3.63) is 159 Å². The quantitative estimate of drug-likeness (QED) is 0.0931. The van der Waals surface area contributed by atoms with Crippen LogP contribution in [-0.4, -0.2) is 40.9 Å². The van der Waals surface area contributed by atoms with Crippen molar-refractivity contribution in [2.45, 2.75) is 35.7 Å². The largest absolute Gasteiger partial charge is 0.508 e. The lowest BCUT2D eigenvalue weighted by molar-refractivity contribution is 0.220. The Morgan fingerprint density at radius 2 is 0.745 bits per heavy atom. The summed E-state index contributed by atoms with van der Waals surface area (Å²) in [7, 11) is 0. The van der Waals surface area contributed by atoms with Crippen molar-refractivity contribution in [3.8, 4) is 51.7 Å². The highest BCUT2D eigenvalue weighted by Crippen LogP contribution is 2.69. The highest BCUT2D eigenvalue weighted by atomic mass is 16.5. The van der Waals surface area contributed by atoms with E-state index >= 15 is 0 Å². The number of hydrogen-bond donors (Lipinski definition) is 8. The second-order valence-corrected chi connectivity index (χ2v) is 13.7. The van der Waals surface area contributed by atoms with E-state index in [1.807, 2.05) is 0 Å². The molecule has 254 valence electrons. The predicted molar refractivity (Wildman–Crippen MR) is 186 cm³/mol. The number of hydrogen-bond acceptors (Lipinski definition) is 9. The molecule has 6 aromatic rings. The lowest BCUT2D eigenvalue weighted by atomic mass is 9.63. The second-order valence-electron chi connectivity index (χ2n) is 13.7. The zero-order valence-corrected chi connectivity index (χ0v) is 26.8. The molecule has 0 bridgehead atoms. The van der Waals surface area contributed by atoms with Gasteiger partial charge in [0.15, 0.2) is 0 Å². The molecular weight excluding hydrogens is 648 g/mol. The van der Waals surface area contributed by atoms with Crippen LogP contribution in [0.4, 0.5) is 0 Å². The van der Waals surface area contributed by atoms with Crippen LogP contribution < -0.4 is 4.74 Å². The summed E-state index contributed by atoms with van der Waals surface area (Å²) >= 11 is 0. The standard InChI is InChI=1S/C42H32O9/c43-22-7-1-19(2-8-22)34-36-28(13-25(46)16-31(36)49)39-35(20-3-9-23(44)10-4-20)37-29(14-26(47)17-32(37)50)41-38-30(40(34)39)15-27(48)18-33(38)51-42(41)21-5-11-24(45)12-6-21/h1-18,34-35,39-50H/t34-,35+,39-,40+,41+,42-/m0/s1. The molecule has 0 spiro atoms. The van der Waals surface area contributed by atoms with Gasteiger partial charge in [-0.15, -0.1) is 0 Å². The Morgan fingerprint density at radius 3 is 1.24 bits per heavy atom. The zero-order valence-electron chi connectivity index (χ0n) is 26.8. The third-order valence-corrected chi connectivity index (χ3v) is 10.9. The van der Waals surface area contributed by atoms with E-state index in [1.54, 1.807) is 97.1 Å². The third-order valence-electron chi connectivity index (χ3n) is 10.9. The van der Waals surface area contributed by atoms with Crippen LogP contribution >= 0.6 is 0 Å². The van der Waals surface area contributed by atoms with Gasteiger partial charge in [-0.25, -0.2) is 0 Å². The third kappa shape index (κ3) is 4.61. The van der Waals surface area contributed by atoms with Crippen molar-refractivity contribution >= 4 is 0 Å². The molecule has 9 nitrogen and oxygen atoms in total. The average molecular weight is 681 g/mol. The minimum atomic E-state index is -0.716. The number of phenolic OH excluding ortho intramolecular Hbond substituents is 8. The van der Waals surface area contributed by atoms with Gasteiger partial charge in [0.2, 0.25) is 0 Å². The molecule has 0 amide bonds. The Morgan fingerprint density at radius 1 is 0.353 bits per heavy atom. The molecule has 2 aliphatic carbocycles. The van der Waals surface area contributed by atoms with E-state index in [9.17, 15) is 40.9 Å². The Balaban J connectivity index is 1.44. The first-order valence-corrected chi connectivity index (χ1v) is 16.6. The molecule has 3 aliphatic rings. The Hall–Kier alpha value is -6.48. The van der Waals surface area contributed by atoms with E-state index in [4.69, 9.17) is 4.74 Å². The van der Waals surface area contributed by atoms with E-state index in [1.165, 1.54) is 12.1 Å². The van der Waals surface area contributed by atoms with Gasteiger partial charge in [0.25, 0.3) is 0 Å². The molecule has 0 fully saturated rings. The van der Waals surface area contributed by atoms with Crippen LogP contribution in [-0.2, 0) is 0 Å². The van der Waals surface area contributed by atoms with Gasteiger partial charge in [0.05, 0.1) is 5.92 Å². The fraction of sp³-hybridized carbons (Fsp3) is 0.143. The van der Waals surface area contributed by atoms with Crippen LogP contribution in [0.3, 0.4) is 0 Å². The van der Waals surface area contributed by atoms with E-state index < -0.39 is 35.7 Å². The molecule has 1 aliphatic heterocycles. The van der Waals surface area contributed by atoms with E-state index in [2.05, 4.69) is 0 Å². The maximum atomic E-state index is 12.0. The van der Waals surface area contributed by atoms with E-state index in [0.29, 0.717) is 44.7 Å². The lowest BCUT2D eigenvalue weighted by Gasteiger charge is -2.39. The van der Waals surface area contributed by atoms with Crippen LogP contribution in [0.1, 0.15) is 85.8 Å². The SMILES string of the molecule is Oc1ccc([C@H]2c3c(O)cc(O)cc3[C@H]3[C@H](c4ccc(O)cc4)c4c(O)cc(O)cc4[C@@H]4c5c(cc(O)cc5[C@H]23)O[C@H]4c2ccc(O)cc2)cc1. The lowest BCUT2D eigenvalue weighted by Crippen LogP contribution is -2.26. The molecule has 51 heavy (non-hydrogen) atoms. The highest BCUT2D eigenvalue weighted by molar-refractivity contribution is 5.69. The smallest absolute Gasteiger partial charge is 0.135 e. The highest BCUT2D eigenvalue weighted by Gasteiger charge is 2.54. The van der Waals surface area contributed by atoms with Crippen molar-refractivity contribution in [1.82, 2.24) is 0 Å². The van der Waals surface area contributed by atoms with Crippen LogP contribution in [0.2, 0.25) is 0 Å². The van der Waals surface area contributed by atoms with Crippen LogP contribution in [0.25, 0.3) is 0 Å². The molecule has 6 aromatic carbocycles. The second kappa shape index (κ2) is 11.0. The van der Waals surface area contributed by atoms with Gasteiger partial charge in [-0.2, -0.15) is 0 Å². The molecule has 1 heterocycles. The predicted octanol–water partition coefficient (Wildman–Crippen LogP) is 7.76. The number of aromatic hydroxyl groups is 8. The molecule has 9 rings (SSSR count). The van der Waals surface area contributed by atoms with Gasteiger partial charge in [-0.05, 0) is 88.0 Å². The van der Waals surface area contributed by atoms with Gasteiger partial charge < -0.3 is 45.6 Å². The van der Waals surface area contributed by atoms with Gasteiger partial charge in [0.1, 0.15) is 57.8 Å². The Bertz CT molecular complexity index is 2350. The minimum Gasteiger partial charge on any atom is -0.508 e. The fourth-order valence-corrected chi connectivity index (χ4v) is 9.07. The summed E-state index contributed by atoms with van der Waals surface area (Å²) in [5.74, 6) is -3.24. The van der Waals surface area contributed by atoms with Gasteiger partial charge in [-0.1, -0.05) is 36.4 Å². The molecule has 8 N–H and O–H groups in total. The van der Waals surface area contributed by atoms with E-state index in [0.717, 1.165) is 11.1 Å². The number of rotatable bonds is 3. The zero-order chi connectivity index (χ0) is 35.3. The number of ether oxygens (including phenoxy) is 1. The normalized spacial score (nSPS) is 22.5. The maximum absolute atomic E-state index is 12.0. The first-order valence-electron chi connectivity index (χ1n) is 16.6. The summed E-state index contributed by atoms with van der Waals surface area (Å²) in [6.07, 6.45) is -0.716. The van der Waals surface area contributed by atoms with Gasteiger partial charge in [-0.3, -0.25) is 0 Å². The van der Waals surface area contributed by atoms with Crippen LogP contribution in [0.5, 0.6) is 51.7 Å². The molecule has 6 atom stereocenters. The van der Waals surface area contributed by atoms with Crippen molar-refractivity contribution in [2.24, 2.45) is 0 Å². The number of phenols is 8. The summed E-state index contributed by atoms with van der Waals surface area (Å²) in [6, 6.07) is 29.0. The Kier molecular flexibility index (Phi) is 6.60. The molecular formula is C42H32O9. The van der Waals surface area contributed by atoms with Crippen molar-refractivity contribution < 1.29 is 45.6 Å². The molecule has 0 saturated heterocycles. The topological polar surface area (TPSA) is 171 Å². The molecule has 0 saturated carbocycles. The minimum absolute atomic E-state index is 0.0388. The van der Waals surface area contributed by atoms with Crippen molar-refractivity contribution in [2.75, 3.05) is 0 Å². The van der Waals surface area contributed by atoms with Crippen LogP contribution in [0, 0.1) is 0 Å². The summed E-state index contributed by atoms with van der Waals surface area (Å²) in [5, 5.41) is 87.9. The first-order chi connectivity index (χ1) is 24.6. The molecule has 9 heteroatoms. The van der Waals surface area contributed by atoms with Crippen molar-refractivity contribution in [3.63, 3.8) is 0 Å². The van der Waals surface area contributed by atoms with Crippen LogP contribution in [0.15, 0.2) is 109 Å². The fourth-order valence-electron chi connectivity index (χ4n) is 9.07. The van der Waals surface area contributed by atoms with Crippen molar-refractivity contribution in [1.29, 1.82) is 0 Å². The van der Waals surface area contributed by atoms with Gasteiger partial charge >= 0.3 is 0 Å².